The number of aromatic nitrogens is 2. The van der Waals surface area contributed by atoms with Crippen molar-refractivity contribution in [3.63, 3.8) is 0 Å². The van der Waals surface area contributed by atoms with Crippen LogP contribution in [0.1, 0.15) is 45.4 Å². The van der Waals surface area contributed by atoms with Crippen LogP contribution in [0.3, 0.4) is 0 Å². The molecule has 2 unspecified atom stereocenters. The molecule has 1 aromatic rings. The van der Waals surface area contributed by atoms with Gasteiger partial charge in [-0.05, 0) is 37.8 Å². The van der Waals surface area contributed by atoms with Crippen LogP contribution in [0.25, 0.3) is 0 Å². The van der Waals surface area contributed by atoms with Crippen LogP contribution in [0.2, 0.25) is 0 Å². The van der Waals surface area contributed by atoms with E-state index in [4.69, 9.17) is 0 Å². The van der Waals surface area contributed by atoms with Crippen LogP contribution >= 0.6 is 0 Å². The molecule has 0 saturated carbocycles. The Hall–Kier alpha value is -2.91. The summed E-state index contributed by atoms with van der Waals surface area (Å²) in [5.74, 6) is -0.801. The highest BCUT2D eigenvalue weighted by atomic mass is 16.3. The second kappa shape index (κ2) is 11.1. The minimum absolute atomic E-state index is 0.0825. The SMILES string of the molecule is CCCCC(CN(C=O)N=O)C(=O)N1CCCCC1C(=O)Nc1cccnn1. The molecule has 1 aromatic heterocycles. The highest BCUT2D eigenvalue weighted by Gasteiger charge is 2.36. The molecule has 2 atom stereocenters. The lowest BCUT2D eigenvalue weighted by Crippen LogP contribution is -2.53. The number of likely N-dealkylation sites (tertiary alicyclic amines) is 1. The van der Waals surface area contributed by atoms with Gasteiger partial charge in [0.1, 0.15) is 6.04 Å². The molecule has 2 rings (SSSR count). The van der Waals surface area contributed by atoms with Gasteiger partial charge in [0.05, 0.1) is 17.7 Å². The third kappa shape index (κ3) is 5.80. The number of unbranched alkanes of at least 4 members (excludes halogenated alkanes) is 1. The van der Waals surface area contributed by atoms with Crippen LogP contribution in [0.5, 0.6) is 0 Å². The summed E-state index contributed by atoms with van der Waals surface area (Å²) in [6.07, 6.45) is 6.15. The Kier molecular flexibility index (Phi) is 8.44. The van der Waals surface area contributed by atoms with Gasteiger partial charge in [-0.15, -0.1) is 10.0 Å². The maximum atomic E-state index is 13.2. The van der Waals surface area contributed by atoms with Gasteiger partial charge in [-0.1, -0.05) is 19.8 Å². The minimum Gasteiger partial charge on any atom is -0.330 e. The summed E-state index contributed by atoms with van der Waals surface area (Å²) < 4.78 is 0. The lowest BCUT2D eigenvalue weighted by molar-refractivity contribution is -0.145. The van der Waals surface area contributed by atoms with Crippen molar-refractivity contribution in [2.75, 3.05) is 18.4 Å². The maximum absolute atomic E-state index is 13.2. The Labute approximate surface area is 163 Å². The van der Waals surface area contributed by atoms with Gasteiger partial charge in [-0.25, -0.2) is 0 Å². The normalized spacial score (nSPS) is 17.5. The molecule has 0 bridgehead atoms. The highest BCUT2D eigenvalue weighted by Crippen LogP contribution is 2.23. The van der Waals surface area contributed by atoms with Crippen molar-refractivity contribution >= 4 is 24.0 Å². The van der Waals surface area contributed by atoms with Crippen LogP contribution in [0, 0.1) is 10.8 Å². The van der Waals surface area contributed by atoms with Crippen molar-refractivity contribution in [2.45, 2.75) is 51.5 Å². The van der Waals surface area contributed by atoms with E-state index in [1.807, 2.05) is 6.92 Å². The van der Waals surface area contributed by atoms with Crippen molar-refractivity contribution in [2.24, 2.45) is 11.2 Å². The number of rotatable bonds is 10. The predicted octanol–water partition coefficient (Wildman–Crippen LogP) is 1.74. The van der Waals surface area contributed by atoms with Gasteiger partial charge in [-0.2, -0.15) is 10.1 Å². The first kappa shape index (κ1) is 21.4. The summed E-state index contributed by atoms with van der Waals surface area (Å²) in [7, 11) is 0. The lowest BCUT2D eigenvalue weighted by atomic mass is 9.95. The molecule has 0 aromatic carbocycles. The number of anilines is 1. The van der Waals surface area contributed by atoms with Crippen molar-refractivity contribution in [3.8, 4) is 0 Å². The van der Waals surface area contributed by atoms with Gasteiger partial charge in [-0.3, -0.25) is 14.4 Å². The van der Waals surface area contributed by atoms with E-state index in [9.17, 15) is 19.3 Å². The number of nitroso groups, excluding NO2 is 1. The number of hydrogen-bond acceptors (Lipinski definition) is 7. The second-order valence-corrected chi connectivity index (χ2v) is 6.79. The number of carbonyl (C=O) groups excluding carboxylic acids is 3. The molecule has 0 spiro atoms. The van der Waals surface area contributed by atoms with E-state index in [0.717, 1.165) is 25.7 Å². The third-order valence-corrected chi connectivity index (χ3v) is 4.80. The van der Waals surface area contributed by atoms with Crippen molar-refractivity contribution < 1.29 is 14.4 Å². The van der Waals surface area contributed by atoms with Gasteiger partial charge >= 0.3 is 0 Å². The topological polar surface area (TPSA) is 125 Å². The Balaban J connectivity index is 2.13. The molecule has 2 heterocycles. The molecule has 28 heavy (non-hydrogen) atoms. The first-order chi connectivity index (χ1) is 13.6. The fourth-order valence-corrected chi connectivity index (χ4v) is 3.34. The quantitative estimate of drug-likeness (QED) is 0.368. The van der Waals surface area contributed by atoms with Crippen LogP contribution in [-0.4, -0.2) is 57.5 Å². The Morgan fingerprint density at radius 3 is 2.93 bits per heavy atom. The molecule has 1 aliphatic heterocycles. The molecule has 10 nitrogen and oxygen atoms in total. The Morgan fingerprint density at radius 2 is 2.29 bits per heavy atom. The zero-order chi connectivity index (χ0) is 20.4. The monoisotopic (exact) mass is 390 g/mol. The zero-order valence-electron chi connectivity index (χ0n) is 16.0. The van der Waals surface area contributed by atoms with E-state index in [1.54, 1.807) is 17.0 Å². The average Bonchev–Trinajstić information content (AvgIpc) is 2.74. The average molecular weight is 390 g/mol. The largest absolute Gasteiger partial charge is 0.330 e. The first-order valence-corrected chi connectivity index (χ1v) is 9.55. The molecule has 1 saturated heterocycles. The summed E-state index contributed by atoms with van der Waals surface area (Å²) in [6, 6.07) is 2.66. The summed E-state index contributed by atoms with van der Waals surface area (Å²) >= 11 is 0. The lowest BCUT2D eigenvalue weighted by Gasteiger charge is -2.37. The minimum atomic E-state index is -0.624. The number of nitrogens with zero attached hydrogens (tertiary/aromatic N) is 5. The van der Waals surface area contributed by atoms with Crippen LogP contribution < -0.4 is 5.32 Å². The van der Waals surface area contributed by atoms with E-state index in [2.05, 4.69) is 20.8 Å². The smallest absolute Gasteiger partial charge is 0.248 e. The molecule has 10 heteroatoms. The Bertz CT molecular complexity index is 663. The fraction of sp³-hybridized carbons (Fsp3) is 0.611. The number of carbonyl (C=O) groups is 3. The summed E-state index contributed by atoms with van der Waals surface area (Å²) in [5, 5.41) is 13.6. The number of hydrogen-bond donors (Lipinski definition) is 1. The molecule has 152 valence electrons. The summed E-state index contributed by atoms with van der Waals surface area (Å²) in [6.45, 7) is 2.37. The molecule has 1 N–H and O–H groups in total. The molecular formula is C18H26N6O4. The third-order valence-electron chi connectivity index (χ3n) is 4.80. The Morgan fingerprint density at radius 1 is 1.46 bits per heavy atom. The van der Waals surface area contributed by atoms with Crippen LogP contribution in [-0.2, 0) is 14.4 Å². The van der Waals surface area contributed by atoms with Gasteiger partial charge in [0.2, 0.25) is 18.2 Å². The van der Waals surface area contributed by atoms with Gasteiger partial charge < -0.3 is 10.2 Å². The van der Waals surface area contributed by atoms with E-state index < -0.39 is 12.0 Å². The van der Waals surface area contributed by atoms with Gasteiger partial charge in [0.15, 0.2) is 5.82 Å². The van der Waals surface area contributed by atoms with Crippen molar-refractivity contribution in [1.82, 2.24) is 20.1 Å². The second-order valence-electron chi connectivity index (χ2n) is 6.79. The van der Waals surface area contributed by atoms with Crippen LogP contribution in [0.15, 0.2) is 23.6 Å². The van der Waals surface area contributed by atoms with E-state index >= 15 is 0 Å². The number of nitrogens with one attached hydrogen (secondary N) is 1. The van der Waals surface area contributed by atoms with Crippen LogP contribution in [0.4, 0.5) is 5.82 Å². The predicted molar refractivity (Wildman–Crippen MR) is 102 cm³/mol. The first-order valence-electron chi connectivity index (χ1n) is 9.55. The highest BCUT2D eigenvalue weighted by molar-refractivity contribution is 5.97. The standard InChI is InChI=1S/C18H26N6O4/c1-2-3-7-14(12-23(13-25)22-28)18(27)24-11-5-4-8-15(24)17(26)20-16-9-6-10-19-21-16/h6,9-10,13-15H,2-5,7-8,11-12H2,1H3,(H,20,21,26). The molecule has 1 fully saturated rings. The molecule has 3 amide bonds. The zero-order valence-corrected chi connectivity index (χ0v) is 16.0. The van der Waals surface area contributed by atoms with E-state index in [-0.39, 0.29) is 18.4 Å². The fourth-order valence-electron chi connectivity index (χ4n) is 3.34. The van der Waals surface area contributed by atoms with Crippen molar-refractivity contribution in [3.05, 3.63) is 23.2 Å². The maximum Gasteiger partial charge on any atom is 0.248 e. The molecule has 1 aliphatic rings. The molecular weight excluding hydrogens is 364 g/mol. The summed E-state index contributed by atoms with van der Waals surface area (Å²) in [4.78, 5) is 49.2. The van der Waals surface area contributed by atoms with Crippen molar-refractivity contribution in [1.29, 1.82) is 0 Å². The van der Waals surface area contributed by atoms with Gasteiger partial charge in [0.25, 0.3) is 0 Å². The molecule has 0 aliphatic carbocycles. The van der Waals surface area contributed by atoms with Gasteiger partial charge in [0, 0.05) is 12.7 Å². The summed E-state index contributed by atoms with van der Waals surface area (Å²) in [5.41, 5.74) is 0. The van der Waals surface area contributed by atoms with E-state index in [1.165, 1.54) is 6.20 Å². The number of amides is 3. The van der Waals surface area contributed by atoms with E-state index in [0.29, 0.717) is 36.6 Å². The number of piperidine rings is 1. The molecule has 0 radical (unpaired) electrons.